The number of halogens is 1. The number of benzene rings is 2. The van der Waals surface area contributed by atoms with Crippen LogP contribution in [0.5, 0.6) is 0 Å². The average molecular weight is 389 g/mol. The normalized spacial score (nSPS) is 12.0. The lowest BCUT2D eigenvalue weighted by atomic mass is 10.1. The smallest absolute Gasteiger partial charge is 0.252 e. The number of fused-ring (bicyclic) bond motifs is 1. The largest absolute Gasteiger partial charge is 0.319 e. The lowest BCUT2D eigenvalue weighted by molar-refractivity contribution is -0.117. The van der Waals surface area contributed by atoms with Gasteiger partial charge in [0.05, 0.1) is 16.6 Å². The molecule has 0 fully saturated rings. The molecule has 0 atom stereocenters. The summed E-state index contributed by atoms with van der Waals surface area (Å²) < 4.78 is 4.10. The van der Waals surface area contributed by atoms with Crippen molar-refractivity contribution in [1.82, 2.24) is 4.57 Å². The molecule has 3 rings (SSSR count). The molecule has 5 heteroatoms. The van der Waals surface area contributed by atoms with E-state index in [0.29, 0.717) is 6.42 Å². The molecule has 0 saturated carbocycles. The lowest BCUT2D eigenvalue weighted by Gasteiger charge is -2.00. The molecule has 2 aromatic carbocycles. The summed E-state index contributed by atoms with van der Waals surface area (Å²) in [6.45, 7) is 2.12. The van der Waals surface area contributed by atoms with Crippen molar-refractivity contribution in [1.29, 1.82) is 0 Å². The minimum atomic E-state index is -0.115. The maximum atomic E-state index is 12.2. The standard InChI is InChI=1S/C18H17BrN2OS/c1-3-12-4-6-13(7-5-12)10-17(22)20-18-21(2)15-9-8-14(19)11-16(15)23-18/h4-9,11H,3,10H2,1-2H3. The van der Waals surface area contributed by atoms with Crippen molar-refractivity contribution in [3.63, 3.8) is 0 Å². The summed E-state index contributed by atoms with van der Waals surface area (Å²) >= 11 is 5.00. The minimum absolute atomic E-state index is 0.115. The van der Waals surface area contributed by atoms with Gasteiger partial charge in [0.2, 0.25) is 0 Å². The Hall–Kier alpha value is -1.72. The molecule has 0 unspecified atom stereocenters. The molecule has 0 saturated heterocycles. The van der Waals surface area contributed by atoms with Crippen LogP contribution in [0.15, 0.2) is 51.9 Å². The number of amides is 1. The van der Waals surface area contributed by atoms with Crippen molar-refractivity contribution in [3.05, 3.63) is 62.9 Å². The van der Waals surface area contributed by atoms with Gasteiger partial charge in [0.1, 0.15) is 0 Å². The maximum absolute atomic E-state index is 12.2. The Morgan fingerprint density at radius 2 is 1.87 bits per heavy atom. The molecule has 0 radical (unpaired) electrons. The molecule has 1 amide bonds. The molecule has 0 spiro atoms. The van der Waals surface area contributed by atoms with E-state index >= 15 is 0 Å². The first-order valence-electron chi connectivity index (χ1n) is 7.47. The number of hydrogen-bond donors (Lipinski definition) is 0. The van der Waals surface area contributed by atoms with Crippen LogP contribution in [-0.4, -0.2) is 10.5 Å². The summed E-state index contributed by atoms with van der Waals surface area (Å²) in [7, 11) is 1.94. The van der Waals surface area contributed by atoms with E-state index in [2.05, 4.69) is 40.0 Å². The van der Waals surface area contributed by atoms with Gasteiger partial charge in [-0.3, -0.25) is 4.79 Å². The maximum Gasteiger partial charge on any atom is 0.252 e. The fourth-order valence-electron chi connectivity index (χ4n) is 2.43. The van der Waals surface area contributed by atoms with Gasteiger partial charge in [0.25, 0.3) is 5.91 Å². The van der Waals surface area contributed by atoms with Gasteiger partial charge in [0, 0.05) is 11.5 Å². The average Bonchev–Trinajstić information content (AvgIpc) is 2.83. The summed E-state index contributed by atoms with van der Waals surface area (Å²) in [5, 5.41) is 0. The van der Waals surface area contributed by atoms with Gasteiger partial charge < -0.3 is 4.57 Å². The highest BCUT2D eigenvalue weighted by molar-refractivity contribution is 9.10. The Labute approximate surface area is 147 Å². The predicted octanol–water partition coefficient (Wildman–Crippen LogP) is 4.23. The summed E-state index contributed by atoms with van der Waals surface area (Å²) in [5.41, 5.74) is 3.36. The zero-order chi connectivity index (χ0) is 16.4. The zero-order valence-electron chi connectivity index (χ0n) is 13.0. The van der Waals surface area contributed by atoms with E-state index in [4.69, 9.17) is 0 Å². The highest BCUT2D eigenvalue weighted by Gasteiger charge is 2.06. The van der Waals surface area contributed by atoms with Crippen LogP contribution in [0.2, 0.25) is 0 Å². The topological polar surface area (TPSA) is 34.4 Å². The minimum Gasteiger partial charge on any atom is -0.319 e. The van der Waals surface area contributed by atoms with Crippen molar-refractivity contribution < 1.29 is 4.79 Å². The molecular formula is C18H17BrN2OS. The molecule has 0 aliphatic rings. The molecule has 23 heavy (non-hydrogen) atoms. The van der Waals surface area contributed by atoms with Gasteiger partial charge in [-0.2, -0.15) is 4.99 Å². The number of aromatic nitrogens is 1. The quantitative estimate of drug-likeness (QED) is 0.660. The van der Waals surface area contributed by atoms with Crippen LogP contribution >= 0.6 is 27.3 Å². The number of nitrogens with zero attached hydrogens (tertiary/aromatic N) is 2. The Kier molecular flexibility index (Phi) is 4.78. The van der Waals surface area contributed by atoms with E-state index in [9.17, 15) is 4.79 Å². The number of hydrogen-bond acceptors (Lipinski definition) is 2. The van der Waals surface area contributed by atoms with Crippen LogP contribution in [0, 0.1) is 0 Å². The van der Waals surface area contributed by atoms with E-state index in [0.717, 1.165) is 31.5 Å². The Bertz CT molecular complexity index is 922. The monoisotopic (exact) mass is 388 g/mol. The second-order valence-electron chi connectivity index (χ2n) is 5.41. The SMILES string of the molecule is CCc1ccc(CC(=O)N=c2sc3cc(Br)ccc3n2C)cc1. The van der Waals surface area contributed by atoms with Crippen LogP contribution in [0.4, 0.5) is 0 Å². The van der Waals surface area contributed by atoms with E-state index in [1.807, 2.05) is 41.9 Å². The van der Waals surface area contributed by atoms with Crippen LogP contribution in [0.3, 0.4) is 0 Å². The number of rotatable bonds is 3. The van der Waals surface area contributed by atoms with Gasteiger partial charge in [-0.25, -0.2) is 0 Å². The second kappa shape index (κ2) is 6.81. The molecule has 3 nitrogen and oxygen atoms in total. The van der Waals surface area contributed by atoms with Gasteiger partial charge >= 0.3 is 0 Å². The summed E-state index contributed by atoms with van der Waals surface area (Å²) in [5.74, 6) is -0.115. The van der Waals surface area contributed by atoms with E-state index in [1.165, 1.54) is 16.9 Å². The molecule has 1 heterocycles. The lowest BCUT2D eigenvalue weighted by Crippen LogP contribution is -2.14. The van der Waals surface area contributed by atoms with E-state index in [1.54, 1.807) is 0 Å². The highest BCUT2D eigenvalue weighted by atomic mass is 79.9. The van der Waals surface area contributed by atoms with Gasteiger partial charge in [-0.05, 0) is 35.7 Å². The molecule has 1 aromatic heterocycles. The first kappa shape index (κ1) is 16.1. The van der Waals surface area contributed by atoms with Gasteiger partial charge in [-0.1, -0.05) is 58.5 Å². The molecule has 0 aliphatic heterocycles. The fourth-order valence-corrected chi connectivity index (χ4v) is 4.02. The summed E-state index contributed by atoms with van der Waals surface area (Å²) in [6, 6.07) is 14.2. The fraction of sp³-hybridized carbons (Fsp3) is 0.222. The molecule has 0 N–H and O–H groups in total. The third kappa shape index (κ3) is 3.62. The van der Waals surface area contributed by atoms with E-state index < -0.39 is 0 Å². The Morgan fingerprint density at radius 3 is 2.57 bits per heavy atom. The van der Waals surface area contributed by atoms with Crippen molar-refractivity contribution in [3.8, 4) is 0 Å². The molecular weight excluding hydrogens is 372 g/mol. The number of thiazole rings is 1. The molecule has 0 bridgehead atoms. The first-order chi connectivity index (χ1) is 11.1. The molecule has 118 valence electrons. The summed E-state index contributed by atoms with van der Waals surface area (Å²) in [6.07, 6.45) is 1.34. The second-order valence-corrected chi connectivity index (χ2v) is 7.33. The van der Waals surface area contributed by atoms with Gasteiger partial charge in [-0.15, -0.1) is 0 Å². The van der Waals surface area contributed by atoms with Crippen molar-refractivity contribution in [2.24, 2.45) is 12.0 Å². The summed E-state index contributed by atoms with van der Waals surface area (Å²) in [4.78, 5) is 17.3. The number of carbonyl (C=O) groups excluding carboxylic acids is 1. The molecule has 0 aliphatic carbocycles. The molecule has 3 aromatic rings. The Balaban J connectivity index is 1.88. The third-order valence-corrected chi connectivity index (χ3v) is 5.37. The zero-order valence-corrected chi connectivity index (χ0v) is 15.4. The van der Waals surface area contributed by atoms with Crippen LogP contribution < -0.4 is 4.80 Å². The highest BCUT2D eigenvalue weighted by Crippen LogP contribution is 2.21. The van der Waals surface area contributed by atoms with Crippen LogP contribution in [-0.2, 0) is 24.7 Å². The van der Waals surface area contributed by atoms with Crippen LogP contribution in [0.25, 0.3) is 10.2 Å². The van der Waals surface area contributed by atoms with Crippen molar-refractivity contribution in [2.75, 3.05) is 0 Å². The Morgan fingerprint density at radius 1 is 1.17 bits per heavy atom. The third-order valence-electron chi connectivity index (χ3n) is 3.78. The predicted molar refractivity (Wildman–Crippen MR) is 98.6 cm³/mol. The van der Waals surface area contributed by atoms with E-state index in [-0.39, 0.29) is 5.91 Å². The van der Waals surface area contributed by atoms with Gasteiger partial charge in [0.15, 0.2) is 4.80 Å². The van der Waals surface area contributed by atoms with Crippen molar-refractivity contribution in [2.45, 2.75) is 19.8 Å². The van der Waals surface area contributed by atoms with Crippen molar-refractivity contribution >= 4 is 43.4 Å². The first-order valence-corrected chi connectivity index (χ1v) is 9.08. The number of carbonyl (C=O) groups is 1. The van der Waals surface area contributed by atoms with Crippen LogP contribution in [0.1, 0.15) is 18.1 Å². The number of aryl methyl sites for hydroxylation is 2.